The van der Waals surface area contributed by atoms with E-state index in [4.69, 9.17) is 31.9 Å². The zero-order valence-electron chi connectivity index (χ0n) is 38.7. The lowest BCUT2D eigenvalue weighted by Gasteiger charge is -2.30. The average molecular weight is 945 g/mol. The number of carbonyl (C=O) groups excluding carboxylic acids is 2. The number of nitrogens with one attached hydrogen (secondary N) is 2. The molecule has 3 aliphatic rings. The van der Waals surface area contributed by atoms with Gasteiger partial charge in [-0.1, -0.05) is 97.1 Å². The summed E-state index contributed by atoms with van der Waals surface area (Å²) in [6, 6.07) is 33.0. The van der Waals surface area contributed by atoms with E-state index in [0.717, 1.165) is 57.3 Å². The van der Waals surface area contributed by atoms with Gasteiger partial charge in [-0.15, -0.1) is 0 Å². The minimum absolute atomic E-state index is 0.0204. The van der Waals surface area contributed by atoms with Crippen molar-refractivity contribution in [2.45, 2.75) is 101 Å². The Balaban J connectivity index is 0.901. The fourth-order valence-electron chi connectivity index (χ4n) is 10.0. The number of thiocarbonyl (C=S) groups is 1. The maximum absolute atomic E-state index is 14.4. The molecular formula is C52H60N4O7S2Si. The largest absolute Gasteiger partial charge is 0.518 e. The van der Waals surface area contributed by atoms with Crippen LogP contribution in [0.5, 0.6) is 5.75 Å². The van der Waals surface area contributed by atoms with Gasteiger partial charge in [0.1, 0.15) is 24.5 Å². The third-order valence-electron chi connectivity index (χ3n) is 13.6. The lowest BCUT2D eigenvalue weighted by molar-refractivity contribution is -0.136. The van der Waals surface area contributed by atoms with E-state index in [1.165, 1.54) is 16.0 Å². The first-order valence-corrected chi connectivity index (χ1v) is 27.8. The minimum atomic E-state index is -4.12. The van der Waals surface area contributed by atoms with Crippen LogP contribution in [0.3, 0.4) is 0 Å². The third-order valence-corrected chi connectivity index (χ3v) is 17.8. The molecule has 8 rings (SSSR count). The molecule has 1 atom stereocenters. The lowest BCUT2D eigenvalue weighted by Crippen LogP contribution is -2.43. The van der Waals surface area contributed by atoms with Crippen molar-refractivity contribution in [1.82, 2.24) is 14.9 Å². The van der Waals surface area contributed by atoms with E-state index in [1.807, 2.05) is 82.4 Å². The zero-order valence-corrected chi connectivity index (χ0v) is 41.3. The second-order valence-electron chi connectivity index (χ2n) is 18.8. The number of benzene rings is 5. The van der Waals surface area contributed by atoms with Crippen molar-refractivity contribution >= 4 is 47.7 Å². The molecule has 11 nitrogen and oxygen atoms in total. The van der Waals surface area contributed by atoms with Crippen LogP contribution in [-0.4, -0.2) is 70.7 Å². The molecule has 66 heavy (non-hydrogen) atoms. The molecule has 346 valence electrons. The highest BCUT2D eigenvalue weighted by Gasteiger charge is 2.42. The van der Waals surface area contributed by atoms with E-state index in [2.05, 4.69) is 58.6 Å². The number of hydrogen-bond donors (Lipinski definition) is 3. The Kier molecular flexibility index (Phi) is 13.5. The van der Waals surface area contributed by atoms with Crippen molar-refractivity contribution in [3.8, 4) is 16.9 Å². The Hall–Kier alpha value is -5.54. The highest BCUT2D eigenvalue weighted by Crippen LogP contribution is 2.47. The van der Waals surface area contributed by atoms with Crippen molar-refractivity contribution in [2.24, 2.45) is 5.73 Å². The number of ether oxygens (including phenoxy) is 2. The lowest BCUT2D eigenvalue weighted by atomic mass is 9.92. The van der Waals surface area contributed by atoms with Crippen molar-refractivity contribution in [3.05, 3.63) is 153 Å². The highest BCUT2D eigenvalue weighted by atomic mass is 32.2. The summed E-state index contributed by atoms with van der Waals surface area (Å²) < 4.78 is 50.2. The van der Waals surface area contributed by atoms with Crippen LogP contribution in [0.2, 0.25) is 19.1 Å². The number of nitrogens with zero attached hydrogens (tertiary/aromatic N) is 1. The van der Waals surface area contributed by atoms with Gasteiger partial charge in [-0.05, 0) is 152 Å². The topological polar surface area (TPSA) is 149 Å². The van der Waals surface area contributed by atoms with Crippen molar-refractivity contribution in [2.75, 3.05) is 26.2 Å². The van der Waals surface area contributed by atoms with Gasteiger partial charge in [-0.25, -0.2) is 13.2 Å². The number of rotatable bonds is 14. The maximum Gasteiger partial charge on any atom is 0.410 e. The molecule has 0 saturated carbocycles. The Labute approximate surface area is 395 Å². The van der Waals surface area contributed by atoms with Crippen LogP contribution in [0.15, 0.2) is 102 Å². The molecule has 0 radical (unpaired) electrons. The summed E-state index contributed by atoms with van der Waals surface area (Å²) in [5.41, 5.74) is 17.0. The molecule has 1 unspecified atom stereocenters. The zero-order chi connectivity index (χ0) is 47.0. The van der Waals surface area contributed by atoms with Gasteiger partial charge in [-0.2, -0.15) is 0 Å². The van der Waals surface area contributed by atoms with Crippen molar-refractivity contribution < 1.29 is 31.9 Å². The molecule has 14 heteroatoms. The van der Waals surface area contributed by atoms with Crippen molar-refractivity contribution in [1.29, 1.82) is 0 Å². The Bertz CT molecular complexity index is 2720. The van der Waals surface area contributed by atoms with Gasteiger partial charge in [-0.3, -0.25) is 14.4 Å². The number of carbonyl (C=O) groups is 2. The summed E-state index contributed by atoms with van der Waals surface area (Å²) in [5.74, 6) is 0.0802. The number of sulfonamides is 1. The molecule has 0 bridgehead atoms. The van der Waals surface area contributed by atoms with E-state index in [1.54, 1.807) is 6.92 Å². The molecule has 0 fully saturated rings. The molecule has 0 spiro atoms. The van der Waals surface area contributed by atoms with E-state index < -0.39 is 36.0 Å². The highest BCUT2D eigenvalue weighted by molar-refractivity contribution is 7.92. The molecule has 5 aromatic rings. The van der Waals surface area contributed by atoms with Gasteiger partial charge in [0.25, 0.3) is 10.0 Å². The van der Waals surface area contributed by atoms with Gasteiger partial charge in [0.05, 0.1) is 10.9 Å². The first-order valence-electron chi connectivity index (χ1n) is 22.8. The van der Waals surface area contributed by atoms with E-state index >= 15 is 0 Å². The molecule has 0 aromatic heterocycles. The van der Waals surface area contributed by atoms with Crippen LogP contribution in [0.1, 0.15) is 87.4 Å². The predicted octanol–water partition coefficient (Wildman–Crippen LogP) is 9.08. The van der Waals surface area contributed by atoms with Crippen LogP contribution in [0.25, 0.3) is 11.1 Å². The summed E-state index contributed by atoms with van der Waals surface area (Å²) >= 11 is 5.76. The van der Waals surface area contributed by atoms with Crippen LogP contribution in [-0.2, 0) is 43.2 Å². The molecule has 5 aromatic carbocycles. The van der Waals surface area contributed by atoms with Crippen molar-refractivity contribution in [3.63, 3.8) is 0 Å². The van der Waals surface area contributed by atoms with Crippen LogP contribution in [0.4, 0.5) is 4.79 Å². The molecule has 4 N–H and O–H groups in total. The van der Waals surface area contributed by atoms with Crippen LogP contribution in [0, 0.1) is 20.8 Å². The summed E-state index contributed by atoms with van der Waals surface area (Å²) in [6.45, 7) is 12.0. The second kappa shape index (κ2) is 19.0. The average Bonchev–Trinajstić information content (AvgIpc) is 3.76. The Morgan fingerprint density at radius 3 is 2.00 bits per heavy atom. The molecule has 2 aliphatic carbocycles. The predicted molar refractivity (Wildman–Crippen MR) is 265 cm³/mol. The number of aryl methyl sites for hydroxylation is 2. The minimum Gasteiger partial charge on any atom is -0.518 e. The van der Waals surface area contributed by atoms with Crippen LogP contribution >= 0.6 is 12.2 Å². The monoisotopic (exact) mass is 944 g/mol. The van der Waals surface area contributed by atoms with Gasteiger partial charge < -0.3 is 25.0 Å². The number of amides is 1. The number of nitrogens with two attached hydrogens (primary N) is 1. The van der Waals surface area contributed by atoms with Gasteiger partial charge >= 0.3 is 12.1 Å². The van der Waals surface area contributed by atoms with E-state index in [9.17, 15) is 18.0 Å². The third kappa shape index (κ3) is 9.64. The number of hydrogen-bond acceptors (Lipinski definition) is 9. The van der Waals surface area contributed by atoms with Gasteiger partial charge in [0, 0.05) is 24.4 Å². The first kappa shape index (κ1) is 47.0. The molecule has 1 heterocycles. The summed E-state index contributed by atoms with van der Waals surface area (Å²) in [6.07, 6.45) is 2.71. The normalized spacial score (nSPS) is 16.4. The van der Waals surface area contributed by atoms with Crippen LogP contribution < -0.4 is 20.5 Å². The summed E-state index contributed by atoms with van der Waals surface area (Å²) in [7, 11) is -6.78. The second-order valence-corrected chi connectivity index (χ2v) is 25.0. The quantitative estimate of drug-likeness (QED) is 0.0727. The van der Waals surface area contributed by atoms with Gasteiger partial charge in [0.2, 0.25) is 8.32 Å². The fourth-order valence-corrected chi connectivity index (χ4v) is 13.9. The molecular weight excluding hydrogens is 885 g/mol. The first-order chi connectivity index (χ1) is 31.5. The summed E-state index contributed by atoms with van der Waals surface area (Å²) in [5, 5.41) is 3.38. The summed E-state index contributed by atoms with van der Waals surface area (Å²) in [4.78, 5) is 28.7. The van der Waals surface area contributed by atoms with Gasteiger partial charge in [0.15, 0.2) is 5.11 Å². The fraction of sp³-hybridized carbons (Fsp3) is 0.365. The van der Waals surface area contributed by atoms with E-state index in [-0.39, 0.29) is 41.7 Å². The molecule has 0 saturated heterocycles. The Morgan fingerprint density at radius 2 is 1.41 bits per heavy atom. The smallest absolute Gasteiger partial charge is 0.410 e. The van der Waals surface area contributed by atoms with E-state index in [0.29, 0.717) is 48.7 Å². The standard InChI is InChI=1S/C52H60N4O7S2Si/c1-33-34(2)49(65(59,60)55-50(64)54-47-38-18-9-7-16-36(38)24-25-37-17-8-10-19-39(37)47)35(3)44-30-52(4,62-48(33)44)26-29-66(5,6)63-46(57)31-56(28-15-27-53)51(58)61-32-45-42-22-13-11-20-40(42)41-21-12-14-23-43(41)45/h7-14,16-23,45,47H,15,24-32,53H2,1-6H3,(H2,54,55,64). The Morgan fingerprint density at radius 1 is 0.848 bits per heavy atom. The maximum atomic E-state index is 14.4. The molecule has 1 aliphatic heterocycles. The SMILES string of the molecule is Cc1c(C)c(S(=O)(=O)NC(=S)NC2c3ccccc3CCc3ccccc32)c(C)c2c1OC(C)(CC[Si](C)(C)OC(=O)CN(CCCN)C(=O)OCC1c3ccccc3-c3ccccc31)C2. The molecule has 1 amide bonds. The number of fused-ring (bicyclic) bond motifs is 6.